The highest BCUT2D eigenvalue weighted by atomic mass is 35.5. The molecule has 0 radical (unpaired) electrons. The first-order valence-electron chi connectivity index (χ1n) is 6.86. The van der Waals surface area contributed by atoms with Gasteiger partial charge in [0.05, 0.1) is 7.11 Å². The Labute approximate surface area is 129 Å². The molecule has 21 heavy (non-hydrogen) atoms. The Morgan fingerprint density at radius 2 is 2.00 bits per heavy atom. The summed E-state index contributed by atoms with van der Waals surface area (Å²) < 4.78 is 19.0. The summed E-state index contributed by atoms with van der Waals surface area (Å²) in [5.74, 6) is 0.613. The third kappa shape index (κ3) is 4.45. The molecule has 2 rings (SSSR count). The van der Waals surface area contributed by atoms with Crippen LogP contribution in [0.3, 0.4) is 0 Å². The number of hydrogen-bond acceptors (Lipinski definition) is 2. The van der Waals surface area contributed by atoms with Crippen LogP contribution in [0.4, 0.5) is 4.39 Å². The van der Waals surface area contributed by atoms with E-state index >= 15 is 0 Å². The minimum Gasteiger partial charge on any atom is -0.497 e. The molecule has 1 N–H and O–H groups in total. The van der Waals surface area contributed by atoms with Gasteiger partial charge in [-0.05, 0) is 61.3 Å². The van der Waals surface area contributed by atoms with Gasteiger partial charge in [-0.2, -0.15) is 0 Å². The third-order valence-electron chi connectivity index (χ3n) is 3.50. The van der Waals surface area contributed by atoms with Gasteiger partial charge in [0.2, 0.25) is 0 Å². The van der Waals surface area contributed by atoms with Gasteiger partial charge >= 0.3 is 0 Å². The summed E-state index contributed by atoms with van der Waals surface area (Å²) in [4.78, 5) is 0. The van der Waals surface area contributed by atoms with Gasteiger partial charge in [-0.25, -0.2) is 4.39 Å². The Morgan fingerprint density at radius 3 is 2.71 bits per heavy atom. The molecular weight excluding hydrogens is 289 g/mol. The molecule has 2 aromatic rings. The minimum absolute atomic E-state index is 0.130. The maximum absolute atomic E-state index is 13.8. The van der Waals surface area contributed by atoms with Crippen molar-refractivity contribution in [3.63, 3.8) is 0 Å². The van der Waals surface area contributed by atoms with Crippen LogP contribution in [-0.2, 0) is 12.8 Å². The van der Waals surface area contributed by atoms with Crippen molar-refractivity contribution in [1.82, 2.24) is 5.32 Å². The summed E-state index contributed by atoms with van der Waals surface area (Å²) in [6.07, 6.45) is 1.37. The van der Waals surface area contributed by atoms with Gasteiger partial charge in [-0.1, -0.05) is 23.7 Å². The summed E-state index contributed by atoms with van der Waals surface area (Å²) in [5.41, 5.74) is 1.78. The summed E-state index contributed by atoms with van der Waals surface area (Å²) in [7, 11) is 3.53. The zero-order valence-corrected chi connectivity index (χ0v) is 13.0. The molecule has 0 heterocycles. The third-order valence-corrected chi connectivity index (χ3v) is 3.73. The lowest BCUT2D eigenvalue weighted by molar-refractivity contribution is 0.414. The van der Waals surface area contributed by atoms with Gasteiger partial charge < -0.3 is 10.1 Å². The minimum atomic E-state index is -0.217. The molecule has 0 saturated carbocycles. The first-order valence-corrected chi connectivity index (χ1v) is 7.24. The van der Waals surface area contributed by atoms with E-state index in [1.54, 1.807) is 19.2 Å². The van der Waals surface area contributed by atoms with E-state index in [-0.39, 0.29) is 11.9 Å². The number of hydrogen-bond donors (Lipinski definition) is 1. The van der Waals surface area contributed by atoms with Crippen LogP contribution in [0.1, 0.15) is 11.1 Å². The quantitative estimate of drug-likeness (QED) is 0.875. The summed E-state index contributed by atoms with van der Waals surface area (Å²) in [6.45, 7) is 0. The monoisotopic (exact) mass is 307 g/mol. The number of methoxy groups -OCH3 is 1. The smallest absolute Gasteiger partial charge is 0.126 e. The van der Waals surface area contributed by atoms with Crippen molar-refractivity contribution in [3.8, 4) is 5.75 Å². The lowest BCUT2D eigenvalue weighted by atomic mass is 9.98. The maximum Gasteiger partial charge on any atom is 0.126 e. The van der Waals surface area contributed by atoms with Crippen molar-refractivity contribution < 1.29 is 9.13 Å². The fraction of sp³-hybridized carbons (Fsp3) is 0.294. The number of nitrogens with one attached hydrogen (secondary N) is 1. The lowest BCUT2D eigenvalue weighted by Gasteiger charge is -2.17. The lowest BCUT2D eigenvalue weighted by Crippen LogP contribution is -2.30. The van der Waals surface area contributed by atoms with E-state index in [0.29, 0.717) is 17.0 Å². The predicted octanol–water partition coefficient (Wildman–Crippen LogP) is 3.86. The highest BCUT2D eigenvalue weighted by Crippen LogP contribution is 2.19. The zero-order chi connectivity index (χ0) is 15.2. The van der Waals surface area contributed by atoms with Crippen LogP contribution < -0.4 is 10.1 Å². The Hall–Kier alpha value is -1.58. The van der Waals surface area contributed by atoms with Crippen LogP contribution in [0.2, 0.25) is 5.02 Å². The molecule has 2 aromatic carbocycles. The average molecular weight is 308 g/mol. The standard InChI is InChI=1S/C17H19ClFNO/c1-20-15(8-12-4-3-5-16(9-12)21-2)11-13-10-14(18)6-7-17(13)19/h3-7,9-10,15,20H,8,11H2,1-2H3. The first-order chi connectivity index (χ1) is 10.1. The molecule has 0 saturated heterocycles. The van der Waals surface area contributed by atoms with Crippen molar-refractivity contribution in [2.45, 2.75) is 18.9 Å². The molecule has 0 amide bonds. The van der Waals surface area contributed by atoms with E-state index < -0.39 is 0 Å². The van der Waals surface area contributed by atoms with E-state index in [1.165, 1.54) is 6.07 Å². The van der Waals surface area contributed by atoms with Crippen LogP contribution in [0.5, 0.6) is 5.75 Å². The highest BCUT2D eigenvalue weighted by Gasteiger charge is 2.12. The summed E-state index contributed by atoms with van der Waals surface area (Å²) >= 11 is 5.94. The van der Waals surface area contributed by atoms with E-state index in [4.69, 9.17) is 16.3 Å². The number of rotatable bonds is 6. The maximum atomic E-state index is 13.8. The summed E-state index contributed by atoms with van der Waals surface area (Å²) in [6, 6.07) is 12.7. The van der Waals surface area contributed by atoms with Crippen molar-refractivity contribution in [1.29, 1.82) is 0 Å². The van der Waals surface area contributed by atoms with Crippen LogP contribution >= 0.6 is 11.6 Å². The van der Waals surface area contributed by atoms with Crippen molar-refractivity contribution in [2.24, 2.45) is 0 Å². The van der Waals surface area contributed by atoms with Crippen molar-refractivity contribution in [2.75, 3.05) is 14.2 Å². The average Bonchev–Trinajstić information content (AvgIpc) is 2.50. The molecule has 0 spiro atoms. The van der Waals surface area contributed by atoms with Gasteiger partial charge in [0, 0.05) is 11.1 Å². The predicted molar refractivity (Wildman–Crippen MR) is 84.7 cm³/mol. The molecule has 112 valence electrons. The number of likely N-dealkylation sites (N-methyl/N-ethyl adjacent to an activating group) is 1. The molecule has 4 heteroatoms. The number of halogens is 2. The molecule has 0 aliphatic heterocycles. The van der Waals surface area contributed by atoms with E-state index in [2.05, 4.69) is 5.32 Å². The van der Waals surface area contributed by atoms with Crippen molar-refractivity contribution >= 4 is 11.6 Å². The molecule has 1 atom stereocenters. The molecule has 2 nitrogen and oxygen atoms in total. The second-order valence-corrected chi connectivity index (χ2v) is 5.42. The highest BCUT2D eigenvalue weighted by molar-refractivity contribution is 6.30. The Kier molecular flexibility index (Phi) is 5.59. The summed E-state index contributed by atoms with van der Waals surface area (Å²) in [5, 5.41) is 3.79. The Balaban J connectivity index is 2.10. The second-order valence-electron chi connectivity index (χ2n) is 4.98. The topological polar surface area (TPSA) is 21.3 Å². The van der Waals surface area contributed by atoms with E-state index in [1.807, 2.05) is 31.3 Å². The molecular formula is C17H19ClFNO. The van der Waals surface area contributed by atoms with E-state index in [9.17, 15) is 4.39 Å². The largest absolute Gasteiger partial charge is 0.497 e. The first kappa shape index (κ1) is 15.8. The van der Waals surface area contributed by atoms with Crippen LogP contribution in [0.15, 0.2) is 42.5 Å². The van der Waals surface area contributed by atoms with Crippen molar-refractivity contribution in [3.05, 3.63) is 64.4 Å². The van der Waals surface area contributed by atoms with Crippen LogP contribution in [0, 0.1) is 5.82 Å². The van der Waals surface area contributed by atoms with Gasteiger partial charge in [0.1, 0.15) is 11.6 Å². The second kappa shape index (κ2) is 7.43. The molecule has 1 unspecified atom stereocenters. The van der Waals surface area contributed by atoms with Gasteiger partial charge in [0.25, 0.3) is 0 Å². The Bertz CT molecular complexity index is 603. The molecule has 0 fully saturated rings. The number of ether oxygens (including phenoxy) is 1. The normalized spacial score (nSPS) is 12.2. The fourth-order valence-corrected chi connectivity index (χ4v) is 2.52. The van der Waals surface area contributed by atoms with Gasteiger partial charge in [0.15, 0.2) is 0 Å². The molecule has 0 bridgehead atoms. The van der Waals surface area contributed by atoms with Crippen LogP contribution in [-0.4, -0.2) is 20.2 Å². The number of benzene rings is 2. The zero-order valence-electron chi connectivity index (χ0n) is 12.2. The van der Waals surface area contributed by atoms with Crippen LogP contribution in [0.25, 0.3) is 0 Å². The SMILES string of the molecule is CNC(Cc1cccc(OC)c1)Cc1cc(Cl)ccc1F. The Morgan fingerprint density at radius 1 is 1.19 bits per heavy atom. The van der Waals surface area contributed by atoms with E-state index in [0.717, 1.165) is 17.7 Å². The molecule has 0 aromatic heterocycles. The van der Waals surface area contributed by atoms with Gasteiger partial charge in [-0.15, -0.1) is 0 Å². The van der Waals surface area contributed by atoms with Gasteiger partial charge in [-0.3, -0.25) is 0 Å². The molecule has 0 aliphatic carbocycles. The molecule has 0 aliphatic rings. The fourth-order valence-electron chi connectivity index (χ4n) is 2.33.